The third kappa shape index (κ3) is 2.76. The van der Waals surface area contributed by atoms with E-state index in [-0.39, 0.29) is 18.0 Å². The van der Waals surface area contributed by atoms with Crippen molar-refractivity contribution in [3.63, 3.8) is 0 Å². The van der Waals surface area contributed by atoms with Gasteiger partial charge in [0.1, 0.15) is 0 Å². The minimum absolute atomic E-state index is 0.0889. The van der Waals surface area contributed by atoms with E-state index < -0.39 is 35.3 Å². The highest BCUT2D eigenvalue weighted by molar-refractivity contribution is 5.96. The quantitative estimate of drug-likeness (QED) is 0.749. The summed E-state index contributed by atoms with van der Waals surface area (Å²) in [5.41, 5.74) is 4.45. The van der Waals surface area contributed by atoms with Crippen LogP contribution in [0.1, 0.15) is 25.3 Å². The molecule has 1 aromatic rings. The number of nitrogens with two attached hydrogens (primary N) is 1. The number of hydrogen-bond acceptors (Lipinski definition) is 7. The topological polar surface area (TPSA) is 126 Å². The molecule has 28 heavy (non-hydrogen) atoms. The van der Waals surface area contributed by atoms with E-state index in [4.69, 9.17) is 10.5 Å². The monoisotopic (exact) mass is 380 g/mol. The minimum atomic E-state index is -1.69. The van der Waals surface area contributed by atoms with Crippen molar-refractivity contribution < 1.29 is 19.1 Å². The van der Waals surface area contributed by atoms with E-state index in [9.17, 15) is 19.6 Å². The zero-order valence-electron chi connectivity index (χ0n) is 15.5. The highest BCUT2D eigenvalue weighted by Crippen LogP contribution is 2.53. The van der Waals surface area contributed by atoms with Crippen LogP contribution in [-0.4, -0.2) is 46.2 Å². The Morgan fingerprint density at radius 1 is 1.43 bits per heavy atom. The van der Waals surface area contributed by atoms with Crippen LogP contribution in [0.25, 0.3) is 0 Å². The number of carbonyl (C=O) groups excluding carboxylic acids is 3. The summed E-state index contributed by atoms with van der Waals surface area (Å²) in [7, 11) is 0. The van der Waals surface area contributed by atoms with Gasteiger partial charge >= 0.3 is 5.97 Å². The molecule has 1 fully saturated rings. The molecule has 0 aliphatic carbocycles. The number of nitriles is 1. The van der Waals surface area contributed by atoms with Crippen LogP contribution in [0.2, 0.25) is 0 Å². The number of aromatic nitrogens is 1. The zero-order chi connectivity index (χ0) is 20.5. The van der Waals surface area contributed by atoms with Gasteiger partial charge in [0.2, 0.25) is 5.91 Å². The number of esters is 1. The Morgan fingerprint density at radius 3 is 2.71 bits per heavy atom. The number of primary amides is 1. The summed E-state index contributed by atoms with van der Waals surface area (Å²) in [6.07, 6.45) is 7.58. The molecule has 1 aromatic heterocycles. The number of ketones is 1. The summed E-state index contributed by atoms with van der Waals surface area (Å²) in [6.45, 7) is 3.13. The first-order valence-corrected chi connectivity index (χ1v) is 8.84. The number of rotatable bonds is 5. The van der Waals surface area contributed by atoms with Gasteiger partial charge in [-0.2, -0.15) is 5.26 Å². The van der Waals surface area contributed by atoms with Crippen LogP contribution >= 0.6 is 0 Å². The van der Waals surface area contributed by atoms with Crippen molar-refractivity contribution in [1.82, 2.24) is 9.88 Å². The van der Waals surface area contributed by atoms with Gasteiger partial charge in [0.05, 0.1) is 30.3 Å². The molecule has 4 atom stereocenters. The largest absolute Gasteiger partial charge is 0.465 e. The van der Waals surface area contributed by atoms with Crippen molar-refractivity contribution >= 4 is 17.7 Å². The second kappa shape index (κ2) is 7.27. The van der Waals surface area contributed by atoms with Gasteiger partial charge in [-0.25, -0.2) is 0 Å². The van der Waals surface area contributed by atoms with Crippen LogP contribution < -0.4 is 5.73 Å². The van der Waals surface area contributed by atoms with Gasteiger partial charge in [-0.05, 0) is 31.6 Å². The fourth-order valence-electron chi connectivity index (χ4n) is 4.10. The standard InChI is InChI=1S/C20H20N4O4/c1-3-28-19(27)20(11-21)15-7-6-14(18(22)26)10-24(15)17(12(2)25)16(20)13-5-4-8-23-9-13/h4-10,15-17H,3H2,1-2H3,(H2,22,26). The second-order valence-corrected chi connectivity index (χ2v) is 6.72. The molecule has 0 saturated carbocycles. The van der Waals surface area contributed by atoms with Gasteiger partial charge in [0.25, 0.3) is 0 Å². The molecule has 2 aliphatic rings. The Labute approximate surface area is 162 Å². The van der Waals surface area contributed by atoms with Crippen molar-refractivity contribution in [2.24, 2.45) is 11.1 Å². The van der Waals surface area contributed by atoms with Gasteiger partial charge in [-0.15, -0.1) is 0 Å². The van der Waals surface area contributed by atoms with Gasteiger partial charge < -0.3 is 15.4 Å². The normalized spacial score (nSPS) is 28.1. The smallest absolute Gasteiger partial charge is 0.329 e. The van der Waals surface area contributed by atoms with Crippen LogP contribution in [0, 0.1) is 16.7 Å². The highest BCUT2D eigenvalue weighted by atomic mass is 16.5. The van der Waals surface area contributed by atoms with Crippen LogP contribution in [0.3, 0.4) is 0 Å². The Bertz CT molecular complexity index is 918. The van der Waals surface area contributed by atoms with E-state index in [1.807, 2.05) is 0 Å². The van der Waals surface area contributed by atoms with Gasteiger partial charge in [0, 0.05) is 24.5 Å². The second-order valence-electron chi connectivity index (χ2n) is 6.72. The number of amides is 1. The number of nitrogens with zero attached hydrogens (tertiary/aromatic N) is 3. The minimum Gasteiger partial charge on any atom is -0.465 e. The maximum absolute atomic E-state index is 13.1. The number of fused-ring (bicyclic) bond motifs is 1. The van der Waals surface area contributed by atoms with Crippen LogP contribution in [0.15, 0.2) is 48.5 Å². The molecule has 8 nitrogen and oxygen atoms in total. The first-order chi connectivity index (χ1) is 13.4. The summed E-state index contributed by atoms with van der Waals surface area (Å²) < 4.78 is 5.26. The van der Waals surface area contributed by atoms with E-state index in [0.29, 0.717) is 5.56 Å². The molecule has 2 aliphatic heterocycles. The summed E-state index contributed by atoms with van der Waals surface area (Å²) in [4.78, 5) is 43.0. The van der Waals surface area contributed by atoms with Crippen molar-refractivity contribution in [3.8, 4) is 6.07 Å². The molecular weight excluding hydrogens is 360 g/mol. The van der Waals surface area contributed by atoms with E-state index in [2.05, 4.69) is 11.1 Å². The lowest BCUT2D eigenvalue weighted by Crippen LogP contribution is -2.45. The Hall–Kier alpha value is -3.47. The lowest BCUT2D eigenvalue weighted by Gasteiger charge is -2.32. The molecule has 0 radical (unpaired) electrons. The van der Waals surface area contributed by atoms with Crippen molar-refractivity contribution in [1.29, 1.82) is 5.26 Å². The summed E-state index contributed by atoms with van der Waals surface area (Å²) in [5.74, 6) is -2.47. The molecule has 0 bridgehead atoms. The molecule has 2 N–H and O–H groups in total. The number of Topliss-reactive ketones (excluding diaryl/α,β-unsaturated/α-hetero) is 1. The number of hydrogen-bond donors (Lipinski definition) is 1. The summed E-state index contributed by atoms with van der Waals surface area (Å²) in [5, 5.41) is 10.2. The lowest BCUT2D eigenvalue weighted by atomic mass is 9.68. The van der Waals surface area contributed by atoms with Crippen molar-refractivity contribution in [2.45, 2.75) is 31.8 Å². The summed E-state index contributed by atoms with van der Waals surface area (Å²) in [6, 6.07) is 3.89. The maximum Gasteiger partial charge on any atom is 0.329 e. The first kappa shape index (κ1) is 19.3. The molecule has 0 spiro atoms. The van der Waals surface area contributed by atoms with Crippen LogP contribution in [0.4, 0.5) is 0 Å². The van der Waals surface area contributed by atoms with Crippen molar-refractivity contribution in [2.75, 3.05) is 6.61 Å². The van der Waals surface area contributed by atoms with Gasteiger partial charge in [0.15, 0.2) is 11.2 Å². The number of carbonyl (C=O) groups is 3. The molecule has 3 rings (SSSR count). The first-order valence-electron chi connectivity index (χ1n) is 8.84. The predicted molar refractivity (Wildman–Crippen MR) is 98.2 cm³/mol. The molecule has 3 heterocycles. The Kier molecular flexibility index (Phi) is 5.01. The van der Waals surface area contributed by atoms with Crippen LogP contribution in [0.5, 0.6) is 0 Å². The molecular formula is C20H20N4O4. The molecule has 0 aromatic carbocycles. The third-order valence-electron chi connectivity index (χ3n) is 5.20. The molecule has 1 amide bonds. The van der Waals surface area contributed by atoms with E-state index in [1.165, 1.54) is 25.4 Å². The SMILES string of the molecule is CCOC(=O)C1(C#N)C(c2cccnc2)C(C(C)=O)N2C=C(C(N)=O)C=CC21. The fourth-order valence-corrected chi connectivity index (χ4v) is 4.10. The van der Waals surface area contributed by atoms with E-state index >= 15 is 0 Å². The number of ether oxygens (including phenoxy) is 1. The van der Waals surface area contributed by atoms with E-state index in [1.54, 1.807) is 36.2 Å². The Morgan fingerprint density at radius 2 is 2.18 bits per heavy atom. The van der Waals surface area contributed by atoms with Crippen molar-refractivity contribution in [3.05, 3.63) is 54.0 Å². The van der Waals surface area contributed by atoms with Crippen LogP contribution in [-0.2, 0) is 19.1 Å². The third-order valence-corrected chi connectivity index (χ3v) is 5.20. The molecule has 8 heteroatoms. The Balaban J connectivity index is 2.28. The van der Waals surface area contributed by atoms with E-state index in [0.717, 1.165) is 0 Å². The average molecular weight is 380 g/mol. The fraction of sp³-hybridized carbons (Fsp3) is 0.350. The average Bonchev–Trinajstić information content (AvgIpc) is 2.99. The highest BCUT2D eigenvalue weighted by Gasteiger charge is 2.66. The van der Waals surface area contributed by atoms with Gasteiger partial charge in [-0.1, -0.05) is 12.1 Å². The zero-order valence-corrected chi connectivity index (χ0v) is 15.5. The maximum atomic E-state index is 13.1. The van der Waals surface area contributed by atoms with Gasteiger partial charge in [-0.3, -0.25) is 19.4 Å². The lowest BCUT2D eigenvalue weighted by molar-refractivity contribution is -0.153. The molecule has 4 unspecified atom stereocenters. The molecule has 1 saturated heterocycles. The summed E-state index contributed by atoms with van der Waals surface area (Å²) >= 11 is 0. The number of pyridine rings is 1. The predicted octanol–water partition coefficient (Wildman–Crippen LogP) is 0.819. The molecule has 144 valence electrons.